The van der Waals surface area contributed by atoms with Crippen LogP contribution in [0.1, 0.15) is 12.5 Å². The molecule has 1 aromatic heterocycles. The smallest absolute Gasteiger partial charge is 0.0191 e. The van der Waals surface area contributed by atoms with Crippen LogP contribution in [0.3, 0.4) is 0 Å². The molecule has 52 valence electrons. The van der Waals surface area contributed by atoms with Crippen LogP contribution in [0.5, 0.6) is 0 Å². The van der Waals surface area contributed by atoms with E-state index >= 15 is 0 Å². The van der Waals surface area contributed by atoms with Crippen LogP contribution in [0, 0.1) is 6.92 Å². The predicted molar refractivity (Wildman–Crippen MR) is 42.1 cm³/mol. The molecule has 2 heteroatoms. The van der Waals surface area contributed by atoms with Crippen molar-refractivity contribution in [2.45, 2.75) is 20.4 Å². The highest BCUT2D eigenvalue weighted by molar-refractivity contribution is 5.85. The second-order valence-corrected chi connectivity index (χ2v) is 2.02. The highest BCUT2D eigenvalue weighted by Crippen LogP contribution is 1.96. The van der Waals surface area contributed by atoms with E-state index in [2.05, 4.69) is 36.9 Å². The summed E-state index contributed by atoms with van der Waals surface area (Å²) in [5.74, 6) is 0. The minimum absolute atomic E-state index is 0. The average Bonchev–Trinajstić information content (AvgIpc) is 2.14. The van der Waals surface area contributed by atoms with Crippen molar-refractivity contribution in [1.82, 2.24) is 4.57 Å². The van der Waals surface area contributed by atoms with Crippen molar-refractivity contribution in [3.8, 4) is 0 Å². The first-order chi connectivity index (χ1) is 3.83. The zero-order valence-corrected chi connectivity index (χ0v) is 6.61. The number of nitrogens with zero attached hydrogens (tertiary/aromatic N) is 1. The van der Waals surface area contributed by atoms with Crippen molar-refractivity contribution < 1.29 is 0 Å². The van der Waals surface area contributed by atoms with Gasteiger partial charge in [0.15, 0.2) is 0 Å². The van der Waals surface area contributed by atoms with E-state index in [0.29, 0.717) is 0 Å². The van der Waals surface area contributed by atoms with E-state index in [1.807, 2.05) is 0 Å². The van der Waals surface area contributed by atoms with Crippen LogP contribution < -0.4 is 0 Å². The predicted octanol–water partition coefficient (Wildman–Crippen LogP) is 2.24. The van der Waals surface area contributed by atoms with Crippen LogP contribution in [0.2, 0.25) is 0 Å². The van der Waals surface area contributed by atoms with Crippen LogP contribution >= 0.6 is 12.4 Å². The summed E-state index contributed by atoms with van der Waals surface area (Å²) in [6, 6.07) is 2.11. The van der Waals surface area contributed by atoms with Gasteiger partial charge in [0, 0.05) is 18.9 Å². The van der Waals surface area contributed by atoms with Crippen molar-refractivity contribution >= 4 is 12.4 Å². The molecule has 0 aliphatic rings. The lowest BCUT2D eigenvalue weighted by Gasteiger charge is -1.90. The first-order valence-corrected chi connectivity index (χ1v) is 2.95. The van der Waals surface area contributed by atoms with Gasteiger partial charge in [0.1, 0.15) is 0 Å². The fourth-order valence-corrected chi connectivity index (χ4v) is 0.758. The fraction of sp³-hybridized carbons (Fsp3) is 0.429. The first-order valence-electron chi connectivity index (χ1n) is 2.95. The molecular formula is C7H12ClN. The van der Waals surface area contributed by atoms with Gasteiger partial charge >= 0.3 is 0 Å². The molecule has 0 spiro atoms. The molecule has 0 amide bonds. The number of rotatable bonds is 1. The van der Waals surface area contributed by atoms with Crippen LogP contribution in [0.25, 0.3) is 0 Å². The molecule has 0 fully saturated rings. The Bertz CT molecular complexity index is 169. The maximum absolute atomic E-state index is 2.16. The van der Waals surface area contributed by atoms with E-state index in [1.165, 1.54) is 5.56 Å². The number of hydrogen-bond donors (Lipinski definition) is 0. The Morgan fingerprint density at radius 1 is 1.56 bits per heavy atom. The van der Waals surface area contributed by atoms with Crippen molar-refractivity contribution in [3.63, 3.8) is 0 Å². The maximum Gasteiger partial charge on any atom is 0.0191 e. The summed E-state index contributed by atoms with van der Waals surface area (Å²) in [5.41, 5.74) is 1.34. The van der Waals surface area contributed by atoms with E-state index < -0.39 is 0 Å². The van der Waals surface area contributed by atoms with Gasteiger partial charge in [-0.3, -0.25) is 0 Å². The second kappa shape index (κ2) is 3.57. The molecule has 0 bridgehead atoms. The summed E-state index contributed by atoms with van der Waals surface area (Å²) < 4.78 is 2.16. The fourth-order valence-electron chi connectivity index (χ4n) is 0.758. The molecule has 9 heavy (non-hydrogen) atoms. The van der Waals surface area contributed by atoms with E-state index in [0.717, 1.165) is 6.54 Å². The second-order valence-electron chi connectivity index (χ2n) is 2.02. The van der Waals surface area contributed by atoms with E-state index in [4.69, 9.17) is 0 Å². The molecule has 1 heterocycles. The van der Waals surface area contributed by atoms with Gasteiger partial charge in [-0.05, 0) is 25.5 Å². The van der Waals surface area contributed by atoms with Gasteiger partial charge < -0.3 is 4.57 Å². The number of aromatic nitrogens is 1. The zero-order chi connectivity index (χ0) is 5.98. The monoisotopic (exact) mass is 145 g/mol. The Labute approximate surface area is 62.1 Å². The molecule has 0 saturated heterocycles. The molecule has 0 N–H and O–H groups in total. The van der Waals surface area contributed by atoms with Gasteiger partial charge in [-0.25, -0.2) is 0 Å². The Kier molecular flexibility index (Phi) is 3.40. The van der Waals surface area contributed by atoms with Gasteiger partial charge in [0.05, 0.1) is 0 Å². The average molecular weight is 146 g/mol. The summed E-state index contributed by atoms with van der Waals surface area (Å²) in [4.78, 5) is 0. The molecule has 1 aromatic rings. The van der Waals surface area contributed by atoms with Crippen molar-refractivity contribution in [3.05, 3.63) is 24.0 Å². The standard InChI is InChI=1S/C7H11N.ClH/c1-3-8-5-4-7(2)6-8;/h4-6H,3H2,1-2H3;1H. The molecule has 0 aliphatic carbocycles. The SMILES string of the molecule is CCn1ccc(C)c1.Cl. The minimum Gasteiger partial charge on any atom is -0.354 e. The topological polar surface area (TPSA) is 4.93 Å². The zero-order valence-electron chi connectivity index (χ0n) is 5.79. The van der Waals surface area contributed by atoms with Crippen LogP contribution in [-0.4, -0.2) is 4.57 Å². The van der Waals surface area contributed by atoms with E-state index in [9.17, 15) is 0 Å². The van der Waals surface area contributed by atoms with Gasteiger partial charge in [0.2, 0.25) is 0 Å². The van der Waals surface area contributed by atoms with E-state index in [-0.39, 0.29) is 12.4 Å². The largest absolute Gasteiger partial charge is 0.354 e. The highest BCUT2D eigenvalue weighted by atomic mass is 35.5. The van der Waals surface area contributed by atoms with E-state index in [1.54, 1.807) is 0 Å². The van der Waals surface area contributed by atoms with Crippen LogP contribution in [0.4, 0.5) is 0 Å². The molecule has 1 rings (SSSR count). The van der Waals surface area contributed by atoms with Crippen LogP contribution in [-0.2, 0) is 6.54 Å². The summed E-state index contributed by atoms with van der Waals surface area (Å²) >= 11 is 0. The summed E-state index contributed by atoms with van der Waals surface area (Å²) in [6.45, 7) is 5.32. The Hall–Kier alpha value is -0.430. The molecule has 0 aliphatic heterocycles. The Balaban J connectivity index is 0.000000640. The summed E-state index contributed by atoms with van der Waals surface area (Å²) in [7, 11) is 0. The third-order valence-electron chi connectivity index (χ3n) is 1.26. The molecule has 0 atom stereocenters. The van der Waals surface area contributed by atoms with Gasteiger partial charge in [0.25, 0.3) is 0 Å². The Morgan fingerprint density at radius 3 is 2.44 bits per heavy atom. The molecule has 0 unspecified atom stereocenters. The molecule has 0 saturated carbocycles. The molecule has 0 radical (unpaired) electrons. The third-order valence-corrected chi connectivity index (χ3v) is 1.26. The lowest BCUT2D eigenvalue weighted by molar-refractivity contribution is 0.768. The molecule has 1 nitrogen and oxygen atoms in total. The quantitative estimate of drug-likeness (QED) is 0.571. The summed E-state index contributed by atoms with van der Waals surface area (Å²) in [6.07, 6.45) is 4.23. The molecular weight excluding hydrogens is 134 g/mol. The maximum atomic E-state index is 2.16. The van der Waals surface area contributed by atoms with Gasteiger partial charge in [-0.2, -0.15) is 0 Å². The van der Waals surface area contributed by atoms with Gasteiger partial charge in [-0.15, -0.1) is 12.4 Å². The minimum atomic E-state index is 0. The number of hydrogen-bond acceptors (Lipinski definition) is 0. The Morgan fingerprint density at radius 2 is 2.22 bits per heavy atom. The summed E-state index contributed by atoms with van der Waals surface area (Å²) in [5, 5.41) is 0. The third kappa shape index (κ3) is 2.10. The lowest BCUT2D eigenvalue weighted by Crippen LogP contribution is -1.86. The van der Waals surface area contributed by atoms with Crippen molar-refractivity contribution in [1.29, 1.82) is 0 Å². The normalized spacial score (nSPS) is 8.67. The highest BCUT2D eigenvalue weighted by Gasteiger charge is 1.84. The first kappa shape index (κ1) is 8.57. The number of halogens is 1. The van der Waals surface area contributed by atoms with Crippen LogP contribution in [0.15, 0.2) is 18.5 Å². The van der Waals surface area contributed by atoms with Gasteiger partial charge in [-0.1, -0.05) is 0 Å². The lowest BCUT2D eigenvalue weighted by atomic mass is 10.4. The number of aryl methyl sites for hydroxylation is 2. The van der Waals surface area contributed by atoms with Crippen molar-refractivity contribution in [2.24, 2.45) is 0 Å². The van der Waals surface area contributed by atoms with Crippen molar-refractivity contribution in [2.75, 3.05) is 0 Å². The molecule has 0 aromatic carbocycles.